The van der Waals surface area contributed by atoms with Crippen molar-refractivity contribution in [1.29, 1.82) is 0 Å². The van der Waals surface area contributed by atoms with Gasteiger partial charge < -0.3 is 30.6 Å². The SMILES string of the molecule is CCC(O)O.CCC(O)O.CCCO.CCCO. The molecule has 0 aromatic carbocycles. The molecule has 0 aliphatic rings. The monoisotopic (exact) mass is 272 g/mol. The Balaban J connectivity index is -0.0000000731. The second-order valence-electron chi connectivity index (χ2n) is 3.22. The minimum absolute atomic E-state index is 0.319. The first-order valence-electron chi connectivity index (χ1n) is 6.31. The quantitative estimate of drug-likeness (QED) is 0.406. The molecule has 0 bridgehead atoms. The van der Waals surface area contributed by atoms with Gasteiger partial charge in [-0.15, -0.1) is 0 Å². The Kier molecular flexibility index (Phi) is 44.1. The molecular weight excluding hydrogens is 240 g/mol. The highest BCUT2D eigenvalue weighted by Crippen LogP contribution is 1.77. The van der Waals surface area contributed by atoms with Gasteiger partial charge in [0.15, 0.2) is 12.6 Å². The van der Waals surface area contributed by atoms with E-state index < -0.39 is 12.6 Å². The number of aliphatic hydroxyl groups is 6. The van der Waals surface area contributed by atoms with Crippen molar-refractivity contribution >= 4 is 0 Å². The van der Waals surface area contributed by atoms with Gasteiger partial charge in [-0.3, -0.25) is 0 Å². The van der Waals surface area contributed by atoms with E-state index in [1.54, 1.807) is 13.8 Å². The van der Waals surface area contributed by atoms with E-state index in [2.05, 4.69) is 0 Å². The number of hydrogen-bond acceptors (Lipinski definition) is 6. The van der Waals surface area contributed by atoms with Crippen molar-refractivity contribution in [1.82, 2.24) is 0 Å². The highest BCUT2D eigenvalue weighted by Gasteiger charge is 1.83. The molecule has 0 aliphatic heterocycles. The summed E-state index contributed by atoms with van der Waals surface area (Å²) in [5, 5.41) is 47.4. The van der Waals surface area contributed by atoms with Crippen LogP contribution in [0.5, 0.6) is 0 Å². The minimum Gasteiger partial charge on any atom is -0.396 e. The Hall–Kier alpha value is -0.240. The smallest absolute Gasteiger partial charge is 0.151 e. The molecule has 0 amide bonds. The van der Waals surface area contributed by atoms with Gasteiger partial charge in [-0.05, 0) is 25.7 Å². The molecule has 0 rings (SSSR count). The van der Waals surface area contributed by atoms with E-state index in [1.807, 2.05) is 13.8 Å². The number of hydrogen-bond donors (Lipinski definition) is 6. The van der Waals surface area contributed by atoms with Crippen LogP contribution in [0.2, 0.25) is 0 Å². The van der Waals surface area contributed by atoms with Gasteiger partial charge in [0.2, 0.25) is 0 Å². The van der Waals surface area contributed by atoms with E-state index in [1.165, 1.54) is 0 Å². The molecule has 0 saturated heterocycles. The fourth-order valence-corrected chi connectivity index (χ4v) is 0. The Morgan fingerprint density at radius 3 is 0.722 bits per heavy atom. The molecule has 0 saturated carbocycles. The van der Waals surface area contributed by atoms with Crippen LogP contribution in [0.15, 0.2) is 0 Å². The second kappa shape index (κ2) is 30.1. The van der Waals surface area contributed by atoms with Crippen molar-refractivity contribution in [2.45, 2.75) is 66.0 Å². The van der Waals surface area contributed by atoms with Crippen molar-refractivity contribution in [3.05, 3.63) is 0 Å². The fraction of sp³-hybridized carbons (Fsp3) is 1.00. The van der Waals surface area contributed by atoms with Crippen LogP contribution in [0.25, 0.3) is 0 Å². The Labute approximate surface area is 111 Å². The van der Waals surface area contributed by atoms with Crippen LogP contribution >= 0.6 is 0 Å². The molecule has 0 spiro atoms. The van der Waals surface area contributed by atoms with Crippen molar-refractivity contribution in [3.8, 4) is 0 Å². The van der Waals surface area contributed by atoms with Gasteiger partial charge in [0.05, 0.1) is 0 Å². The van der Waals surface area contributed by atoms with Crippen LogP contribution in [0, 0.1) is 0 Å². The molecule has 6 heteroatoms. The molecule has 6 N–H and O–H groups in total. The third-order valence-corrected chi connectivity index (χ3v) is 1.18. The summed E-state index contributed by atoms with van der Waals surface area (Å²) >= 11 is 0. The summed E-state index contributed by atoms with van der Waals surface area (Å²) in [5.74, 6) is 0. The molecule has 6 nitrogen and oxygen atoms in total. The zero-order chi connectivity index (χ0) is 15.4. The number of rotatable bonds is 4. The lowest BCUT2D eigenvalue weighted by atomic mass is 10.5. The summed E-state index contributed by atoms with van der Waals surface area (Å²) in [4.78, 5) is 0. The van der Waals surface area contributed by atoms with Crippen LogP contribution in [-0.2, 0) is 0 Å². The molecule has 0 aromatic heterocycles. The van der Waals surface area contributed by atoms with Gasteiger partial charge in [0, 0.05) is 13.2 Å². The van der Waals surface area contributed by atoms with Crippen LogP contribution in [-0.4, -0.2) is 56.4 Å². The van der Waals surface area contributed by atoms with Crippen molar-refractivity contribution in [2.75, 3.05) is 13.2 Å². The molecule has 0 aromatic rings. The zero-order valence-electron chi connectivity index (χ0n) is 12.1. The summed E-state index contributed by atoms with van der Waals surface area (Å²) in [6.45, 7) is 7.90. The molecular formula is C12H32O6. The molecule has 0 aliphatic carbocycles. The molecule has 116 valence electrons. The van der Waals surface area contributed by atoms with E-state index in [4.69, 9.17) is 30.6 Å². The van der Waals surface area contributed by atoms with E-state index in [0.29, 0.717) is 26.1 Å². The third kappa shape index (κ3) is 103. The highest BCUT2D eigenvalue weighted by molar-refractivity contribution is 4.22. The van der Waals surface area contributed by atoms with Gasteiger partial charge in [0.1, 0.15) is 0 Å². The predicted molar refractivity (Wildman–Crippen MR) is 71.8 cm³/mol. The van der Waals surface area contributed by atoms with Crippen LogP contribution in [0.3, 0.4) is 0 Å². The van der Waals surface area contributed by atoms with Gasteiger partial charge >= 0.3 is 0 Å². The molecule has 0 unspecified atom stereocenters. The van der Waals surface area contributed by atoms with Gasteiger partial charge in [-0.2, -0.15) is 0 Å². The maximum absolute atomic E-state index is 7.92. The summed E-state index contributed by atoms with van der Waals surface area (Å²) in [7, 11) is 0. The maximum atomic E-state index is 7.92. The molecule has 0 fully saturated rings. The predicted octanol–water partition coefficient (Wildman–Crippen LogP) is 0.192. The van der Waals surface area contributed by atoms with E-state index >= 15 is 0 Å². The molecule has 0 atom stereocenters. The van der Waals surface area contributed by atoms with Gasteiger partial charge in [-0.1, -0.05) is 27.7 Å². The summed E-state index contributed by atoms with van der Waals surface area (Å²) in [6, 6.07) is 0. The molecule has 0 radical (unpaired) electrons. The second-order valence-corrected chi connectivity index (χ2v) is 3.22. The van der Waals surface area contributed by atoms with Crippen molar-refractivity contribution < 1.29 is 30.6 Å². The van der Waals surface area contributed by atoms with E-state index in [-0.39, 0.29) is 0 Å². The highest BCUT2D eigenvalue weighted by atomic mass is 16.5. The zero-order valence-corrected chi connectivity index (χ0v) is 12.1. The Bertz CT molecular complexity index is 82.6. The van der Waals surface area contributed by atoms with Crippen molar-refractivity contribution in [3.63, 3.8) is 0 Å². The molecule has 18 heavy (non-hydrogen) atoms. The first kappa shape index (κ1) is 26.3. The van der Waals surface area contributed by atoms with Crippen LogP contribution in [0.4, 0.5) is 0 Å². The lowest BCUT2D eigenvalue weighted by molar-refractivity contribution is -0.0420. The number of aliphatic hydroxyl groups excluding tert-OH is 4. The van der Waals surface area contributed by atoms with Gasteiger partial charge in [-0.25, -0.2) is 0 Å². The van der Waals surface area contributed by atoms with E-state index in [9.17, 15) is 0 Å². The van der Waals surface area contributed by atoms with Crippen molar-refractivity contribution in [2.24, 2.45) is 0 Å². The lowest BCUT2D eigenvalue weighted by Gasteiger charge is -1.90. The fourth-order valence-electron chi connectivity index (χ4n) is 0. The summed E-state index contributed by atoms with van der Waals surface area (Å²) in [6.07, 6.45) is 0.352. The standard InChI is InChI=1S/2C3H8O2.2C3H8O/c2*1-2-3(4)5;2*1-2-3-4/h2*3-5H,2H2,1H3;2*4H,2-3H2,1H3. The topological polar surface area (TPSA) is 121 Å². The summed E-state index contributed by atoms with van der Waals surface area (Å²) in [5.41, 5.74) is 0. The average Bonchev–Trinajstić information content (AvgIpc) is 2.39. The van der Waals surface area contributed by atoms with Crippen LogP contribution < -0.4 is 0 Å². The minimum atomic E-state index is -1.12. The maximum Gasteiger partial charge on any atom is 0.151 e. The largest absolute Gasteiger partial charge is 0.396 e. The van der Waals surface area contributed by atoms with Crippen LogP contribution in [0.1, 0.15) is 53.4 Å². The van der Waals surface area contributed by atoms with Gasteiger partial charge in [0.25, 0.3) is 0 Å². The van der Waals surface area contributed by atoms with E-state index in [0.717, 1.165) is 12.8 Å². The Morgan fingerprint density at radius 1 is 0.611 bits per heavy atom. The first-order valence-corrected chi connectivity index (χ1v) is 6.31. The first-order chi connectivity index (χ1) is 8.37. The average molecular weight is 272 g/mol. The lowest BCUT2D eigenvalue weighted by Crippen LogP contribution is -1.99. The molecule has 0 heterocycles. The third-order valence-electron chi connectivity index (χ3n) is 1.18. The Morgan fingerprint density at radius 2 is 0.722 bits per heavy atom. The summed E-state index contributed by atoms with van der Waals surface area (Å²) < 4.78 is 0. The normalized spacial score (nSPS) is 8.67.